The highest BCUT2D eigenvalue weighted by Gasteiger charge is 2.11. The van der Waals surface area contributed by atoms with Crippen molar-refractivity contribution in [2.75, 3.05) is 11.1 Å². The van der Waals surface area contributed by atoms with Gasteiger partial charge in [0, 0.05) is 15.6 Å². The number of aromatic nitrogens is 2. The van der Waals surface area contributed by atoms with E-state index in [-0.39, 0.29) is 17.2 Å². The Morgan fingerprint density at radius 3 is 3.00 bits per heavy atom. The Balaban J connectivity index is 1.70. The number of nitrogens with zero attached hydrogens (tertiary/aromatic N) is 1. The molecule has 5 nitrogen and oxygen atoms in total. The van der Waals surface area contributed by atoms with E-state index in [2.05, 4.69) is 15.3 Å². The minimum Gasteiger partial charge on any atom is -0.325 e. The summed E-state index contributed by atoms with van der Waals surface area (Å²) in [5, 5.41) is 4.44. The van der Waals surface area contributed by atoms with Gasteiger partial charge in [-0.3, -0.25) is 9.59 Å². The molecule has 0 aliphatic heterocycles. The number of anilines is 1. The van der Waals surface area contributed by atoms with E-state index >= 15 is 0 Å². The van der Waals surface area contributed by atoms with E-state index < -0.39 is 0 Å². The van der Waals surface area contributed by atoms with E-state index in [1.54, 1.807) is 18.2 Å². The molecular weight excluding hydrogens is 366 g/mol. The molecule has 2 aromatic heterocycles. The third-order valence-corrected chi connectivity index (χ3v) is 5.61. The first kappa shape index (κ1) is 17.0. The third-order valence-electron chi connectivity index (χ3n) is 3.39. The first-order valence-corrected chi connectivity index (χ1v) is 9.30. The molecule has 0 bridgehead atoms. The van der Waals surface area contributed by atoms with E-state index in [1.165, 1.54) is 23.1 Å². The number of fused-ring (bicyclic) bond motifs is 1. The van der Waals surface area contributed by atoms with E-state index in [1.807, 2.05) is 19.9 Å². The fraction of sp³-hybridized carbons (Fsp3) is 0.188. The van der Waals surface area contributed by atoms with Gasteiger partial charge in [0.15, 0.2) is 5.16 Å². The van der Waals surface area contributed by atoms with Crippen molar-refractivity contribution in [1.82, 2.24) is 9.97 Å². The number of aryl methyl sites for hydroxylation is 1. The van der Waals surface area contributed by atoms with Crippen LogP contribution in [0.4, 0.5) is 5.69 Å². The van der Waals surface area contributed by atoms with E-state index in [9.17, 15) is 9.59 Å². The number of hydrogen-bond acceptors (Lipinski definition) is 5. The number of nitrogens with one attached hydrogen (secondary N) is 2. The second kappa shape index (κ2) is 6.96. The zero-order valence-corrected chi connectivity index (χ0v) is 15.4. The van der Waals surface area contributed by atoms with E-state index in [0.717, 1.165) is 10.4 Å². The minimum absolute atomic E-state index is 0.144. The number of thiophene rings is 1. The third kappa shape index (κ3) is 3.63. The van der Waals surface area contributed by atoms with Crippen molar-refractivity contribution >= 4 is 56.5 Å². The zero-order chi connectivity index (χ0) is 17.3. The summed E-state index contributed by atoms with van der Waals surface area (Å²) in [5.41, 5.74) is 1.32. The van der Waals surface area contributed by atoms with Gasteiger partial charge in [0.05, 0.1) is 11.1 Å². The summed E-state index contributed by atoms with van der Waals surface area (Å²) in [6.45, 7) is 3.77. The van der Waals surface area contributed by atoms with Gasteiger partial charge < -0.3 is 10.3 Å². The Labute approximate surface area is 151 Å². The van der Waals surface area contributed by atoms with Gasteiger partial charge in [-0.1, -0.05) is 29.4 Å². The Morgan fingerprint density at radius 2 is 2.21 bits per heavy atom. The van der Waals surface area contributed by atoms with Gasteiger partial charge in [-0.25, -0.2) is 4.98 Å². The average Bonchev–Trinajstić information content (AvgIpc) is 2.91. The van der Waals surface area contributed by atoms with Gasteiger partial charge >= 0.3 is 0 Å². The van der Waals surface area contributed by atoms with Crippen molar-refractivity contribution < 1.29 is 4.79 Å². The molecule has 3 rings (SSSR count). The van der Waals surface area contributed by atoms with Crippen LogP contribution in [0.15, 0.2) is 34.2 Å². The molecule has 24 heavy (non-hydrogen) atoms. The quantitative estimate of drug-likeness (QED) is 0.531. The van der Waals surface area contributed by atoms with Crippen LogP contribution in [0.1, 0.15) is 10.4 Å². The van der Waals surface area contributed by atoms with Crippen LogP contribution >= 0.6 is 34.7 Å². The molecule has 0 aliphatic rings. The number of carbonyl (C=O) groups excluding carboxylic acids is 1. The second-order valence-corrected chi connectivity index (χ2v) is 7.80. The lowest BCUT2D eigenvalue weighted by molar-refractivity contribution is -0.113. The van der Waals surface area contributed by atoms with Crippen LogP contribution in [0.2, 0.25) is 5.02 Å². The first-order chi connectivity index (χ1) is 11.4. The van der Waals surface area contributed by atoms with Crippen LogP contribution in [0.5, 0.6) is 0 Å². The highest BCUT2D eigenvalue weighted by Crippen LogP contribution is 2.24. The van der Waals surface area contributed by atoms with E-state index in [4.69, 9.17) is 11.6 Å². The Kier molecular flexibility index (Phi) is 4.93. The molecule has 8 heteroatoms. The van der Waals surface area contributed by atoms with Crippen molar-refractivity contribution in [3.63, 3.8) is 0 Å². The SMILES string of the molecule is Cc1cc2c(=O)[nH]c(SCC(=O)Nc3cccc(Cl)c3C)nc2s1. The summed E-state index contributed by atoms with van der Waals surface area (Å²) in [7, 11) is 0. The lowest BCUT2D eigenvalue weighted by Gasteiger charge is -2.09. The van der Waals surface area contributed by atoms with Crippen molar-refractivity contribution in [2.24, 2.45) is 0 Å². The Bertz CT molecular complexity index is 981. The van der Waals surface area contributed by atoms with Gasteiger partial charge in [-0.05, 0) is 37.6 Å². The lowest BCUT2D eigenvalue weighted by Crippen LogP contribution is -2.16. The summed E-state index contributed by atoms with van der Waals surface area (Å²) in [6.07, 6.45) is 0. The van der Waals surface area contributed by atoms with Crippen LogP contribution in [0.25, 0.3) is 10.2 Å². The number of hydrogen-bond donors (Lipinski definition) is 2. The van der Waals surface area contributed by atoms with Gasteiger partial charge in [0.1, 0.15) is 4.83 Å². The topological polar surface area (TPSA) is 74.8 Å². The summed E-state index contributed by atoms with van der Waals surface area (Å²) in [6, 6.07) is 7.16. The molecule has 0 unspecified atom stereocenters. The summed E-state index contributed by atoms with van der Waals surface area (Å²) >= 11 is 8.69. The Hall–Kier alpha value is -1.83. The lowest BCUT2D eigenvalue weighted by atomic mass is 10.2. The predicted molar refractivity (Wildman–Crippen MR) is 101 cm³/mol. The standard InChI is InChI=1S/C16H14ClN3O2S2/c1-8-6-10-14(22)19-16(20-15(10)24-8)23-7-13(21)18-12-5-3-4-11(17)9(12)2/h3-6H,7H2,1-2H3,(H,18,21)(H,19,20,22). The van der Waals surface area contributed by atoms with Crippen LogP contribution < -0.4 is 10.9 Å². The molecule has 0 spiro atoms. The molecule has 0 saturated heterocycles. The monoisotopic (exact) mass is 379 g/mol. The number of carbonyl (C=O) groups is 1. The predicted octanol–water partition coefficient (Wildman–Crippen LogP) is 3.99. The molecule has 124 valence electrons. The molecule has 1 aromatic carbocycles. The molecule has 0 aliphatic carbocycles. The summed E-state index contributed by atoms with van der Waals surface area (Å²) in [5.74, 6) is -0.0411. The highest BCUT2D eigenvalue weighted by atomic mass is 35.5. The van der Waals surface area contributed by atoms with Crippen LogP contribution in [-0.2, 0) is 4.79 Å². The molecular formula is C16H14ClN3O2S2. The van der Waals surface area contributed by atoms with E-state index in [0.29, 0.717) is 26.1 Å². The molecule has 0 radical (unpaired) electrons. The largest absolute Gasteiger partial charge is 0.325 e. The molecule has 3 aromatic rings. The fourth-order valence-corrected chi connectivity index (χ4v) is 3.94. The van der Waals surface area contributed by atoms with Gasteiger partial charge in [0.25, 0.3) is 5.56 Å². The zero-order valence-electron chi connectivity index (χ0n) is 13.0. The molecule has 0 atom stereocenters. The molecule has 0 saturated carbocycles. The number of H-pyrrole nitrogens is 1. The number of benzene rings is 1. The smallest absolute Gasteiger partial charge is 0.260 e. The second-order valence-electron chi connectivity index (χ2n) is 5.20. The number of halogens is 1. The van der Waals surface area contributed by atoms with Crippen molar-refractivity contribution in [2.45, 2.75) is 19.0 Å². The minimum atomic E-state index is -0.185. The molecule has 2 N–H and O–H groups in total. The first-order valence-electron chi connectivity index (χ1n) is 7.12. The number of amides is 1. The van der Waals surface area contributed by atoms with Crippen LogP contribution in [0, 0.1) is 13.8 Å². The maximum atomic E-state index is 12.1. The van der Waals surface area contributed by atoms with Crippen molar-refractivity contribution in [1.29, 1.82) is 0 Å². The van der Waals surface area contributed by atoms with Crippen molar-refractivity contribution in [3.05, 3.63) is 50.1 Å². The number of thioether (sulfide) groups is 1. The maximum absolute atomic E-state index is 12.1. The normalized spacial score (nSPS) is 11.0. The summed E-state index contributed by atoms with van der Waals surface area (Å²) < 4.78 is 0. The molecule has 0 fully saturated rings. The molecule has 2 heterocycles. The maximum Gasteiger partial charge on any atom is 0.260 e. The number of rotatable bonds is 4. The van der Waals surface area contributed by atoms with Crippen LogP contribution in [0.3, 0.4) is 0 Å². The molecule has 1 amide bonds. The average molecular weight is 380 g/mol. The van der Waals surface area contributed by atoms with Crippen LogP contribution in [-0.4, -0.2) is 21.6 Å². The summed E-state index contributed by atoms with van der Waals surface area (Å²) in [4.78, 5) is 32.9. The van der Waals surface area contributed by atoms with Gasteiger partial charge in [-0.2, -0.15) is 0 Å². The Morgan fingerprint density at radius 1 is 1.42 bits per heavy atom. The number of aromatic amines is 1. The highest BCUT2D eigenvalue weighted by molar-refractivity contribution is 7.99. The van der Waals surface area contributed by atoms with Gasteiger partial charge in [-0.15, -0.1) is 11.3 Å². The van der Waals surface area contributed by atoms with Gasteiger partial charge in [0.2, 0.25) is 5.91 Å². The van der Waals surface area contributed by atoms with Crippen molar-refractivity contribution in [3.8, 4) is 0 Å². The fourth-order valence-electron chi connectivity index (χ4n) is 2.16.